The Labute approximate surface area is 114 Å². The minimum atomic E-state index is -3.39. The predicted octanol–water partition coefficient (Wildman–Crippen LogP) is 0.709. The van der Waals surface area contributed by atoms with Crippen LogP contribution in [0.2, 0.25) is 0 Å². The molecule has 0 saturated carbocycles. The molecule has 1 N–H and O–H groups in total. The number of halogens is 1. The van der Waals surface area contributed by atoms with E-state index in [2.05, 4.69) is 5.32 Å². The second kappa shape index (κ2) is 5.88. The summed E-state index contributed by atoms with van der Waals surface area (Å²) in [5.74, 6) is 0.650. The van der Waals surface area contributed by atoms with Crippen molar-refractivity contribution in [3.63, 3.8) is 0 Å². The van der Waals surface area contributed by atoms with Gasteiger partial charge in [0.15, 0.2) is 0 Å². The zero-order valence-corrected chi connectivity index (χ0v) is 11.9. The Morgan fingerprint density at radius 2 is 1.83 bits per heavy atom. The zero-order chi connectivity index (χ0) is 12.5. The number of methoxy groups -OCH3 is 1. The molecule has 2 rings (SSSR count). The highest BCUT2D eigenvalue weighted by atomic mass is 35.5. The molecule has 7 heteroatoms. The third kappa shape index (κ3) is 2.77. The molecule has 1 fully saturated rings. The van der Waals surface area contributed by atoms with E-state index in [0.717, 1.165) is 0 Å². The molecule has 1 heterocycles. The first kappa shape index (κ1) is 15.2. The van der Waals surface area contributed by atoms with Crippen LogP contribution in [0.3, 0.4) is 0 Å². The van der Waals surface area contributed by atoms with Gasteiger partial charge in [-0.3, -0.25) is 0 Å². The molecule has 1 aromatic rings. The number of rotatable bonds is 4. The minimum absolute atomic E-state index is 0. The normalized spacial score (nSPS) is 15.9. The molecule has 0 aromatic heterocycles. The number of nitrogens with zero attached hydrogens (tertiary/aromatic N) is 1. The molecule has 0 unspecified atom stereocenters. The van der Waals surface area contributed by atoms with Gasteiger partial charge in [-0.05, 0) is 24.3 Å². The molecule has 0 aliphatic carbocycles. The summed E-state index contributed by atoms with van der Waals surface area (Å²) in [5, 5.41) is 3.06. The molecule has 102 valence electrons. The Morgan fingerprint density at radius 1 is 1.28 bits per heavy atom. The van der Waals surface area contributed by atoms with Gasteiger partial charge in [0.2, 0.25) is 10.0 Å². The molecule has 1 saturated heterocycles. The maximum atomic E-state index is 12.2. The van der Waals surface area contributed by atoms with E-state index in [0.29, 0.717) is 23.7 Å². The summed E-state index contributed by atoms with van der Waals surface area (Å²) in [7, 11) is -0.219. The van der Waals surface area contributed by atoms with Gasteiger partial charge in [0, 0.05) is 26.2 Å². The van der Waals surface area contributed by atoms with Crippen molar-refractivity contribution >= 4 is 22.4 Å². The van der Waals surface area contributed by atoms with Crippen molar-refractivity contribution in [2.24, 2.45) is 0 Å². The number of hydrogen-bond acceptors (Lipinski definition) is 4. The van der Waals surface area contributed by atoms with Crippen molar-refractivity contribution in [3.05, 3.63) is 24.3 Å². The monoisotopic (exact) mass is 292 g/mol. The number of benzene rings is 1. The van der Waals surface area contributed by atoms with Gasteiger partial charge in [-0.25, -0.2) is 8.42 Å². The Bertz CT molecular complexity index is 486. The van der Waals surface area contributed by atoms with E-state index in [9.17, 15) is 8.42 Å². The summed E-state index contributed by atoms with van der Waals surface area (Å²) in [6.45, 7) is 1.43. The lowest BCUT2D eigenvalue weighted by atomic mass is 10.2. The molecule has 0 bridgehead atoms. The molecule has 0 amide bonds. The van der Waals surface area contributed by atoms with Crippen LogP contribution in [0.1, 0.15) is 0 Å². The number of likely N-dealkylation sites (N-methyl/N-ethyl adjacent to an activating group) is 1. The highest BCUT2D eigenvalue weighted by Crippen LogP contribution is 2.20. The number of sulfonamides is 1. The van der Waals surface area contributed by atoms with E-state index in [-0.39, 0.29) is 18.4 Å². The van der Waals surface area contributed by atoms with E-state index >= 15 is 0 Å². The highest BCUT2D eigenvalue weighted by Gasteiger charge is 2.31. The fraction of sp³-hybridized carbons (Fsp3) is 0.455. The van der Waals surface area contributed by atoms with Crippen LogP contribution >= 0.6 is 12.4 Å². The van der Waals surface area contributed by atoms with E-state index in [1.54, 1.807) is 38.4 Å². The Morgan fingerprint density at radius 3 is 2.22 bits per heavy atom. The van der Waals surface area contributed by atoms with Crippen molar-refractivity contribution in [1.29, 1.82) is 0 Å². The van der Waals surface area contributed by atoms with Crippen LogP contribution in [0.4, 0.5) is 0 Å². The predicted molar refractivity (Wildman–Crippen MR) is 71.8 cm³/mol. The Balaban J connectivity index is 0.00000162. The third-order valence-corrected chi connectivity index (χ3v) is 4.93. The Kier molecular flexibility index (Phi) is 4.98. The maximum absolute atomic E-state index is 12.2. The summed E-state index contributed by atoms with van der Waals surface area (Å²) in [5.41, 5.74) is 0. The smallest absolute Gasteiger partial charge is 0.243 e. The SMILES string of the molecule is COc1ccc(S(=O)(=O)N(C)C2CNC2)cc1.Cl. The van der Waals surface area contributed by atoms with Gasteiger partial charge in [0.05, 0.1) is 12.0 Å². The zero-order valence-electron chi connectivity index (χ0n) is 10.3. The molecular formula is C11H17ClN2O3S. The molecule has 5 nitrogen and oxygen atoms in total. The molecule has 1 aliphatic heterocycles. The van der Waals surface area contributed by atoms with Crippen LogP contribution in [0.25, 0.3) is 0 Å². The van der Waals surface area contributed by atoms with E-state index < -0.39 is 10.0 Å². The van der Waals surface area contributed by atoms with Crippen LogP contribution < -0.4 is 10.1 Å². The lowest BCUT2D eigenvalue weighted by molar-refractivity contribution is 0.274. The maximum Gasteiger partial charge on any atom is 0.243 e. The number of nitrogens with one attached hydrogen (secondary N) is 1. The molecular weight excluding hydrogens is 276 g/mol. The van der Waals surface area contributed by atoms with Crippen LogP contribution in [-0.2, 0) is 10.0 Å². The van der Waals surface area contributed by atoms with E-state index in [4.69, 9.17) is 4.74 Å². The van der Waals surface area contributed by atoms with E-state index in [1.807, 2.05) is 0 Å². The van der Waals surface area contributed by atoms with Gasteiger partial charge >= 0.3 is 0 Å². The molecule has 18 heavy (non-hydrogen) atoms. The fourth-order valence-electron chi connectivity index (χ4n) is 1.64. The van der Waals surface area contributed by atoms with Gasteiger partial charge in [-0.15, -0.1) is 12.4 Å². The molecule has 0 radical (unpaired) electrons. The van der Waals surface area contributed by atoms with Gasteiger partial charge in [-0.2, -0.15) is 4.31 Å². The lowest BCUT2D eigenvalue weighted by Crippen LogP contribution is -2.57. The van der Waals surface area contributed by atoms with Crippen LogP contribution in [0, 0.1) is 0 Å². The minimum Gasteiger partial charge on any atom is -0.497 e. The van der Waals surface area contributed by atoms with E-state index in [1.165, 1.54) is 4.31 Å². The third-order valence-electron chi connectivity index (χ3n) is 3.01. The van der Waals surface area contributed by atoms with Gasteiger partial charge in [0.25, 0.3) is 0 Å². The quantitative estimate of drug-likeness (QED) is 0.888. The summed E-state index contributed by atoms with van der Waals surface area (Å²) >= 11 is 0. The second-order valence-corrected chi connectivity index (χ2v) is 6.01. The standard InChI is InChI=1S/C11H16N2O3S.ClH/c1-13(9-7-12-8-9)17(14,15)11-5-3-10(16-2)4-6-11;/h3-6,9,12H,7-8H2,1-2H3;1H. The van der Waals surface area contributed by atoms with Crippen molar-refractivity contribution in [3.8, 4) is 5.75 Å². The largest absolute Gasteiger partial charge is 0.497 e. The summed E-state index contributed by atoms with van der Waals surface area (Å²) in [4.78, 5) is 0.299. The van der Waals surface area contributed by atoms with Gasteiger partial charge < -0.3 is 10.1 Å². The second-order valence-electron chi connectivity index (χ2n) is 4.01. The van der Waals surface area contributed by atoms with Crippen LogP contribution in [0.15, 0.2) is 29.2 Å². The average molecular weight is 293 g/mol. The summed E-state index contributed by atoms with van der Waals surface area (Å²) < 4.78 is 30.9. The van der Waals surface area contributed by atoms with Gasteiger partial charge in [-0.1, -0.05) is 0 Å². The van der Waals surface area contributed by atoms with Crippen LogP contribution in [0.5, 0.6) is 5.75 Å². The fourth-order valence-corrected chi connectivity index (χ4v) is 2.99. The number of ether oxygens (including phenoxy) is 1. The molecule has 0 atom stereocenters. The van der Waals surface area contributed by atoms with Gasteiger partial charge in [0.1, 0.15) is 5.75 Å². The average Bonchev–Trinajstić information content (AvgIpc) is 2.27. The molecule has 0 spiro atoms. The first-order valence-electron chi connectivity index (χ1n) is 5.38. The Hall–Kier alpha value is -0.820. The lowest BCUT2D eigenvalue weighted by Gasteiger charge is -2.34. The van der Waals surface area contributed by atoms with Crippen molar-refractivity contribution in [1.82, 2.24) is 9.62 Å². The summed E-state index contributed by atoms with van der Waals surface area (Å²) in [6.07, 6.45) is 0. The number of hydrogen-bond donors (Lipinski definition) is 1. The molecule has 1 aliphatic rings. The summed E-state index contributed by atoms with van der Waals surface area (Å²) in [6, 6.07) is 6.50. The molecule has 1 aromatic carbocycles. The van der Waals surface area contributed by atoms with Crippen molar-refractivity contribution in [2.75, 3.05) is 27.2 Å². The first-order valence-corrected chi connectivity index (χ1v) is 6.82. The topological polar surface area (TPSA) is 58.6 Å². The van der Waals surface area contributed by atoms with Crippen molar-refractivity contribution < 1.29 is 13.2 Å². The first-order chi connectivity index (χ1) is 8.05. The van der Waals surface area contributed by atoms with Crippen LogP contribution in [-0.4, -0.2) is 46.0 Å². The van der Waals surface area contributed by atoms with Crippen molar-refractivity contribution in [2.45, 2.75) is 10.9 Å². The highest BCUT2D eigenvalue weighted by molar-refractivity contribution is 7.89.